The normalized spacial score (nSPS) is 13.6. The molecule has 1 aromatic carbocycles. The van der Waals surface area contributed by atoms with E-state index in [4.69, 9.17) is 9.26 Å². The van der Waals surface area contributed by atoms with Crippen molar-refractivity contribution >= 4 is 18.3 Å². The minimum atomic E-state index is -0.158. The van der Waals surface area contributed by atoms with Crippen molar-refractivity contribution in [2.45, 2.75) is 20.0 Å². The Morgan fingerprint density at radius 2 is 2.24 bits per heavy atom. The molecule has 7 nitrogen and oxygen atoms in total. The van der Waals surface area contributed by atoms with Crippen molar-refractivity contribution in [3.63, 3.8) is 0 Å². The second-order valence-electron chi connectivity index (χ2n) is 5.51. The summed E-state index contributed by atoms with van der Waals surface area (Å²) in [7, 11) is 0. The maximum absolute atomic E-state index is 12.4. The number of carbonyl (C=O) groups excluding carboxylic acids is 1. The molecule has 0 saturated heterocycles. The molecule has 0 radical (unpaired) electrons. The maximum Gasteiger partial charge on any atom is 0.255 e. The van der Waals surface area contributed by atoms with Crippen LogP contribution in [0.2, 0.25) is 0 Å². The SMILES string of the molecule is Cc1nc(COc2ccccc2C(=O)NCC2=CCNCC2)no1.Cl. The van der Waals surface area contributed by atoms with Crippen molar-refractivity contribution in [2.75, 3.05) is 19.6 Å². The molecule has 0 aliphatic carbocycles. The molecule has 8 heteroatoms. The zero-order valence-electron chi connectivity index (χ0n) is 13.9. The summed E-state index contributed by atoms with van der Waals surface area (Å²) >= 11 is 0. The van der Waals surface area contributed by atoms with E-state index in [0.717, 1.165) is 19.5 Å². The van der Waals surface area contributed by atoms with Crippen LogP contribution in [0.3, 0.4) is 0 Å². The fraction of sp³-hybridized carbons (Fsp3) is 0.353. The van der Waals surface area contributed by atoms with E-state index in [2.05, 4.69) is 26.9 Å². The lowest BCUT2D eigenvalue weighted by atomic mass is 10.1. The second-order valence-corrected chi connectivity index (χ2v) is 5.51. The first kappa shape index (κ1) is 19.0. The quantitative estimate of drug-likeness (QED) is 0.762. The number of nitrogens with zero attached hydrogens (tertiary/aromatic N) is 2. The fourth-order valence-electron chi connectivity index (χ4n) is 2.44. The van der Waals surface area contributed by atoms with E-state index in [1.165, 1.54) is 5.57 Å². The highest BCUT2D eigenvalue weighted by Crippen LogP contribution is 2.19. The third kappa shape index (κ3) is 5.30. The molecular weight excluding hydrogens is 344 g/mol. The van der Waals surface area contributed by atoms with E-state index in [0.29, 0.717) is 29.6 Å². The summed E-state index contributed by atoms with van der Waals surface area (Å²) in [5, 5.41) is 9.97. The van der Waals surface area contributed by atoms with Crippen LogP contribution in [0.15, 0.2) is 40.4 Å². The molecule has 0 spiro atoms. The van der Waals surface area contributed by atoms with Crippen molar-refractivity contribution in [1.29, 1.82) is 0 Å². The molecule has 0 unspecified atom stereocenters. The third-order valence-electron chi connectivity index (χ3n) is 3.69. The molecule has 2 aromatic rings. The van der Waals surface area contributed by atoms with Crippen molar-refractivity contribution in [3.05, 3.63) is 53.2 Å². The van der Waals surface area contributed by atoms with Gasteiger partial charge in [0.15, 0.2) is 6.61 Å². The monoisotopic (exact) mass is 364 g/mol. The van der Waals surface area contributed by atoms with Gasteiger partial charge in [0.25, 0.3) is 5.91 Å². The van der Waals surface area contributed by atoms with Crippen LogP contribution in [0.25, 0.3) is 0 Å². The van der Waals surface area contributed by atoms with E-state index < -0.39 is 0 Å². The molecule has 1 aromatic heterocycles. The molecule has 0 bridgehead atoms. The molecule has 0 saturated carbocycles. The van der Waals surface area contributed by atoms with Gasteiger partial charge in [0, 0.05) is 20.0 Å². The van der Waals surface area contributed by atoms with E-state index in [9.17, 15) is 4.79 Å². The number of hydrogen-bond acceptors (Lipinski definition) is 6. The van der Waals surface area contributed by atoms with Gasteiger partial charge >= 0.3 is 0 Å². The Morgan fingerprint density at radius 3 is 2.96 bits per heavy atom. The number of carbonyl (C=O) groups is 1. The lowest BCUT2D eigenvalue weighted by molar-refractivity contribution is 0.0952. The Bertz CT molecular complexity index is 745. The van der Waals surface area contributed by atoms with Crippen molar-refractivity contribution in [1.82, 2.24) is 20.8 Å². The first-order valence-electron chi connectivity index (χ1n) is 7.90. The van der Waals surface area contributed by atoms with Crippen molar-refractivity contribution in [2.24, 2.45) is 0 Å². The van der Waals surface area contributed by atoms with E-state index in [1.807, 2.05) is 12.1 Å². The van der Waals surface area contributed by atoms with Gasteiger partial charge in [0.1, 0.15) is 5.75 Å². The summed E-state index contributed by atoms with van der Waals surface area (Å²) < 4.78 is 10.6. The standard InChI is InChI=1S/C17H20N4O3.ClH/c1-12-20-16(21-24-12)11-23-15-5-3-2-4-14(15)17(22)19-10-13-6-8-18-9-7-13;/h2-6,18H,7-11H2,1H3,(H,19,22);1H. The average molecular weight is 365 g/mol. The number of hydrogen-bond donors (Lipinski definition) is 2. The molecule has 134 valence electrons. The van der Waals surface area contributed by atoms with Crippen LogP contribution in [0.4, 0.5) is 0 Å². The van der Waals surface area contributed by atoms with Crippen molar-refractivity contribution in [3.8, 4) is 5.75 Å². The van der Waals surface area contributed by atoms with Crippen LogP contribution in [-0.2, 0) is 6.61 Å². The predicted molar refractivity (Wildman–Crippen MR) is 95.0 cm³/mol. The number of amides is 1. The fourth-order valence-corrected chi connectivity index (χ4v) is 2.44. The van der Waals surface area contributed by atoms with Crippen LogP contribution in [0.5, 0.6) is 5.75 Å². The van der Waals surface area contributed by atoms with Gasteiger partial charge in [0.05, 0.1) is 5.56 Å². The summed E-state index contributed by atoms with van der Waals surface area (Å²) in [6.45, 7) is 4.23. The number of halogens is 1. The highest BCUT2D eigenvalue weighted by molar-refractivity contribution is 5.97. The summed E-state index contributed by atoms with van der Waals surface area (Å²) in [6, 6.07) is 7.13. The Kier molecular flexibility index (Phi) is 6.97. The second kappa shape index (κ2) is 9.19. The first-order chi connectivity index (χ1) is 11.7. The van der Waals surface area contributed by atoms with Gasteiger partial charge in [-0.3, -0.25) is 4.79 Å². The minimum absolute atomic E-state index is 0. The van der Waals surface area contributed by atoms with E-state index >= 15 is 0 Å². The Hall–Kier alpha value is -2.38. The average Bonchev–Trinajstić information content (AvgIpc) is 3.04. The summed E-state index contributed by atoms with van der Waals surface area (Å²) in [5.41, 5.74) is 1.73. The van der Waals surface area contributed by atoms with Crippen LogP contribution in [0, 0.1) is 6.92 Å². The highest BCUT2D eigenvalue weighted by atomic mass is 35.5. The van der Waals surface area contributed by atoms with Crippen molar-refractivity contribution < 1.29 is 14.1 Å². The number of para-hydroxylation sites is 1. The van der Waals surface area contributed by atoms with Gasteiger partial charge in [-0.2, -0.15) is 4.98 Å². The third-order valence-corrected chi connectivity index (χ3v) is 3.69. The lowest BCUT2D eigenvalue weighted by Crippen LogP contribution is -2.29. The number of nitrogens with one attached hydrogen (secondary N) is 2. The number of aryl methyl sites for hydroxylation is 1. The topological polar surface area (TPSA) is 89.3 Å². The van der Waals surface area contributed by atoms with Gasteiger partial charge in [-0.1, -0.05) is 28.9 Å². The molecule has 1 amide bonds. The Labute approximate surface area is 152 Å². The predicted octanol–water partition coefficient (Wildman–Crippen LogP) is 2.03. The van der Waals surface area contributed by atoms with Crippen LogP contribution in [-0.4, -0.2) is 35.7 Å². The number of ether oxygens (including phenoxy) is 1. The summed E-state index contributed by atoms with van der Waals surface area (Å²) in [6.07, 6.45) is 3.07. The van der Waals surface area contributed by atoms with Gasteiger partial charge in [0.2, 0.25) is 11.7 Å². The Morgan fingerprint density at radius 1 is 1.40 bits per heavy atom. The lowest BCUT2D eigenvalue weighted by Gasteiger charge is -2.15. The molecule has 2 N–H and O–H groups in total. The van der Waals surface area contributed by atoms with Crippen LogP contribution >= 0.6 is 12.4 Å². The first-order valence-corrected chi connectivity index (χ1v) is 7.90. The maximum atomic E-state index is 12.4. The highest BCUT2D eigenvalue weighted by Gasteiger charge is 2.14. The molecule has 1 aliphatic heterocycles. The molecule has 2 heterocycles. The van der Waals surface area contributed by atoms with E-state index in [1.54, 1.807) is 19.1 Å². The molecular formula is C17H21ClN4O3. The summed E-state index contributed by atoms with van der Waals surface area (Å²) in [4.78, 5) is 16.5. The smallest absolute Gasteiger partial charge is 0.255 e. The van der Waals surface area contributed by atoms with Gasteiger partial charge in [-0.25, -0.2) is 0 Å². The molecule has 0 atom stereocenters. The van der Waals surface area contributed by atoms with Crippen LogP contribution < -0.4 is 15.4 Å². The largest absolute Gasteiger partial charge is 0.485 e. The molecule has 25 heavy (non-hydrogen) atoms. The summed E-state index contributed by atoms with van der Waals surface area (Å²) in [5.74, 6) is 1.27. The van der Waals surface area contributed by atoms with E-state index in [-0.39, 0.29) is 24.9 Å². The number of rotatable bonds is 6. The van der Waals surface area contributed by atoms with Gasteiger partial charge < -0.3 is 19.9 Å². The van der Waals surface area contributed by atoms with Crippen LogP contribution in [0.1, 0.15) is 28.5 Å². The molecule has 0 fully saturated rings. The zero-order valence-corrected chi connectivity index (χ0v) is 14.8. The minimum Gasteiger partial charge on any atom is -0.485 e. The number of benzene rings is 1. The van der Waals surface area contributed by atoms with Gasteiger partial charge in [-0.05, 0) is 25.1 Å². The zero-order chi connectivity index (χ0) is 16.8. The molecule has 3 rings (SSSR count). The number of aromatic nitrogens is 2. The van der Waals surface area contributed by atoms with Gasteiger partial charge in [-0.15, -0.1) is 12.4 Å². The Balaban J connectivity index is 0.00000225. The molecule has 1 aliphatic rings.